The molecule has 2 rings (SSSR count). The molecule has 2 aliphatic rings. The highest BCUT2D eigenvalue weighted by atomic mass is 35.5. The number of hydrogen-bond donors (Lipinski definition) is 1. The minimum absolute atomic E-state index is 0.320. The number of carbonyl (C=O) groups excluding carboxylic acids is 1. The van der Waals surface area contributed by atoms with E-state index in [0.29, 0.717) is 41.8 Å². The largest absolute Gasteiger partial charge is 0.481 e. The molecule has 122 valence electrons. The van der Waals surface area contributed by atoms with E-state index in [1.54, 1.807) is 0 Å². The van der Waals surface area contributed by atoms with Gasteiger partial charge in [-0.15, -0.1) is 11.6 Å². The van der Waals surface area contributed by atoms with Gasteiger partial charge in [-0.25, -0.2) is 0 Å². The van der Waals surface area contributed by atoms with Gasteiger partial charge in [0.25, 0.3) is 5.97 Å². The number of halogens is 1. The molecule has 0 amide bonds. The zero-order chi connectivity index (χ0) is 18.9. The van der Waals surface area contributed by atoms with Gasteiger partial charge in [-0.1, -0.05) is 27.7 Å². The zero-order valence-electron chi connectivity index (χ0n) is 16.4. The summed E-state index contributed by atoms with van der Waals surface area (Å²) in [5, 5.41) is 7.69. The first kappa shape index (κ1) is 14.0. The number of rotatable bonds is 1. The van der Waals surface area contributed by atoms with E-state index in [1.165, 1.54) is 6.42 Å². The summed E-state index contributed by atoms with van der Waals surface area (Å²) < 4.78 is 18.4. The molecule has 2 saturated carbocycles. The summed E-state index contributed by atoms with van der Waals surface area (Å²) in [7, 11) is 0. The van der Waals surface area contributed by atoms with Gasteiger partial charge in [0.15, 0.2) is 5.78 Å². The quantitative estimate of drug-likeness (QED) is 0.730. The second-order valence-corrected chi connectivity index (χ2v) is 7.66. The lowest BCUT2D eigenvalue weighted by Crippen LogP contribution is -2.56. The Kier molecular flexibility index (Phi) is 4.77. The van der Waals surface area contributed by atoms with Crippen LogP contribution in [0.5, 0.6) is 0 Å². The molecule has 3 nitrogen and oxygen atoms in total. The lowest BCUT2D eigenvalue weighted by molar-refractivity contribution is -0.134. The van der Waals surface area contributed by atoms with E-state index in [2.05, 4.69) is 27.7 Å². The monoisotopic (exact) mass is 319 g/mol. The first-order valence-corrected chi connectivity index (χ1v) is 8.15. The predicted molar refractivity (Wildman–Crippen MR) is 85.5 cm³/mol. The number of carboxylic acid groups (broad SMARTS) is 1. The van der Waals surface area contributed by atoms with Crippen molar-refractivity contribution in [1.29, 1.82) is 0 Å². The molecule has 2 fully saturated rings. The van der Waals surface area contributed by atoms with Gasteiger partial charge in [0, 0.05) is 17.4 Å². The Labute approximate surface area is 137 Å². The summed E-state index contributed by atoms with van der Waals surface area (Å²) in [5.74, 6) is 1.12. The first-order valence-electron chi connectivity index (χ1n) is 9.27. The third-order valence-corrected chi connectivity index (χ3v) is 6.04. The van der Waals surface area contributed by atoms with Crippen LogP contribution in [0.1, 0.15) is 64.3 Å². The van der Waals surface area contributed by atoms with Gasteiger partial charge in [0.05, 0.1) is 0 Å². The minimum atomic E-state index is -2.83. The Morgan fingerprint density at radius 2 is 2.00 bits per heavy atom. The molecule has 0 aromatic heterocycles. The molecule has 0 unspecified atom stereocenters. The first-order chi connectivity index (χ1) is 10.8. The Morgan fingerprint density at radius 1 is 1.43 bits per heavy atom. The van der Waals surface area contributed by atoms with Gasteiger partial charge in [-0.05, 0) is 48.9 Å². The summed E-state index contributed by atoms with van der Waals surface area (Å²) in [6.45, 7) is 6.10. The second kappa shape index (κ2) is 7.13. The number of ketones is 1. The highest BCUT2D eigenvalue weighted by Crippen LogP contribution is 2.54. The van der Waals surface area contributed by atoms with Gasteiger partial charge in [-0.2, -0.15) is 0 Å². The normalized spacial score (nSPS) is 42.0. The van der Waals surface area contributed by atoms with Crippen LogP contribution < -0.4 is 0 Å². The van der Waals surface area contributed by atoms with Gasteiger partial charge in [-0.3, -0.25) is 9.59 Å². The molecule has 1 N–H and O–H groups in total. The fourth-order valence-corrected chi connectivity index (χ4v) is 4.58. The SMILES string of the molecule is CC(C)[C@@H]1CC[C@H](C)[C@]2(Cl)C(=O)C[C@H](C)C[C@@H]12.[2H]C([2H])([2H])C(=O)O. The van der Waals surface area contributed by atoms with E-state index < -0.39 is 17.7 Å². The lowest BCUT2D eigenvalue weighted by Gasteiger charge is -2.52. The molecule has 4 heteroatoms. The van der Waals surface area contributed by atoms with Crippen molar-refractivity contribution in [2.75, 3.05) is 0 Å². The number of Topliss-reactive ketones (excluding diaryl/α,β-unsaturated/α-hetero) is 1. The Bertz CT molecular complexity index is 478. The van der Waals surface area contributed by atoms with Crippen LogP contribution in [0.25, 0.3) is 0 Å². The van der Waals surface area contributed by atoms with E-state index >= 15 is 0 Å². The summed E-state index contributed by atoms with van der Waals surface area (Å²) in [6.07, 6.45) is 4.19. The molecular weight excluding hydrogens is 288 g/mol. The van der Waals surface area contributed by atoms with Crippen molar-refractivity contribution in [1.82, 2.24) is 0 Å². The topological polar surface area (TPSA) is 54.4 Å². The number of carboxylic acids is 1. The van der Waals surface area contributed by atoms with Gasteiger partial charge in [0.2, 0.25) is 0 Å². The number of carbonyl (C=O) groups is 2. The highest BCUT2D eigenvalue weighted by molar-refractivity contribution is 6.36. The Balaban J connectivity index is 0.000000351. The molecule has 0 bridgehead atoms. The molecule has 0 aromatic rings. The fraction of sp³-hybridized carbons (Fsp3) is 0.882. The Morgan fingerprint density at radius 3 is 2.48 bits per heavy atom. The van der Waals surface area contributed by atoms with Crippen molar-refractivity contribution in [2.45, 2.75) is 65.1 Å². The van der Waals surface area contributed by atoms with E-state index in [-0.39, 0.29) is 0 Å². The number of aliphatic carboxylic acids is 1. The maximum absolute atomic E-state index is 12.4. The molecule has 5 atom stereocenters. The van der Waals surface area contributed by atoms with Gasteiger partial charge in [0.1, 0.15) is 4.87 Å². The lowest BCUT2D eigenvalue weighted by atomic mass is 9.56. The fourth-order valence-electron chi connectivity index (χ4n) is 4.15. The van der Waals surface area contributed by atoms with Crippen molar-refractivity contribution < 1.29 is 18.8 Å². The van der Waals surface area contributed by atoms with Crippen molar-refractivity contribution in [3.05, 3.63) is 0 Å². The zero-order valence-corrected chi connectivity index (χ0v) is 14.1. The van der Waals surface area contributed by atoms with E-state index in [9.17, 15) is 9.59 Å². The summed E-state index contributed by atoms with van der Waals surface area (Å²) in [6, 6.07) is 0. The maximum Gasteiger partial charge on any atom is 0.300 e. The third-order valence-electron chi connectivity index (χ3n) is 5.18. The molecule has 0 heterocycles. The molecule has 0 radical (unpaired) electrons. The highest BCUT2D eigenvalue weighted by Gasteiger charge is 2.56. The molecule has 0 spiro atoms. The average molecular weight is 320 g/mol. The van der Waals surface area contributed by atoms with Crippen LogP contribution in [0.3, 0.4) is 0 Å². The van der Waals surface area contributed by atoms with E-state index in [0.717, 1.165) is 12.8 Å². The summed E-state index contributed by atoms with van der Waals surface area (Å²) in [4.78, 5) is 21.3. The van der Waals surface area contributed by atoms with Crippen LogP contribution in [0.4, 0.5) is 0 Å². The molecule has 21 heavy (non-hydrogen) atoms. The maximum atomic E-state index is 12.4. The summed E-state index contributed by atoms with van der Waals surface area (Å²) in [5.41, 5.74) is 0. The number of alkyl halides is 1. The van der Waals surface area contributed by atoms with Crippen LogP contribution in [-0.4, -0.2) is 21.7 Å². The number of hydrogen-bond acceptors (Lipinski definition) is 2. The molecule has 0 aromatic carbocycles. The van der Waals surface area contributed by atoms with Crippen molar-refractivity contribution >= 4 is 23.4 Å². The standard InChI is InChI=1S/C15H25ClO.C2H4O2/c1-9(2)12-6-5-11(4)15(16)13(12)7-10(3)8-14(15)17;1-2(3)4/h9-13H,5-8H2,1-4H3;1H3,(H,3,4)/t10-,11+,12+,13+,15-;/m1./s1/i;1D3. The summed E-state index contributed by atoms with van der Waals surface area (Å²) >= 11 is 6.83. The smallest absolute Gasteiger partial charge is 0.300 e. The van der Waals surface area contributed by atoms with E-state index in [1.807, 2.05) is 0 Å². The predicted octanol–water partition coefficient (Wildman–Crippen LogP) is 4.37. The molecule has 2 aliphatic carbocycles. The molecule has 0 saturated heterocycles. The minimum Gasteiger partial charge on any atom is -0.481 e. The van der Waals surface area contributed by atoms with Crippen LogP contribution in [0.15, 0.2) is 0 Å². The van der Waals surface area contributed by atoms with Gasteiger partial charge < -0.3 is 5.11 Å². The molecular formula is C17H29ClO3. The van der Waals surface area contributed by atoms with Crippen LogP contribution in [0.2, 0.25) is 0 Å². The van der Waals surface area contributed by atoms with E-state index in [4.69, 9.17) is 20.8 Å². The van der Waals surface area contributed by atoms with Crippen LogP contribution in [-0.2, 0) is 9.59 Å². The van der Waals surface area contributed by atoms with Crippen LogP contribution in [0, 0.1) is 29.6 Å². The van der Waals surface area contributed by atoms with Crippen molar-refractivity contribution in [2.24, 2.45) is 29.6 Å². The van der Waals surface area contributed by atoms with Crippen molar-refractivity contribution in [3.8, 4) is 0 Å². The van der Waals surface area contributed by atoms with Gasteiger partial charge >= 0.3 is 0 Å². The van der Waals surface area contributed by atoms with Crippen molar-refractivity contribution in [3.63, 3.8) is 0 Å². The average Bonchev–Trinajstić information content (AvgIpc) is 2.42. The van der Waals surface area contributed by atoms with Crippen LogP contribution >= 0.6 is 11.6 Å². The second-order valence-electron chi connectivity index (χ2n) is 7.03. The molecule has 0 aliphatic heterocycles. The Hall–Kier alpha value is -0.570. The number of fused-ring (bicyclic) bond motifs is 1. The third kappa shape index (κ3) is 4.00.